The van der Waals surface area contributed by atoms with Gasteiger partial charge in [-0.2, -0.15) is 5.10 Å². The largest absolute Gasteiger partial charge is 0.431 e. The van der Waals surface area contributed by atoms with E-state index >= 15 is 0 Å². The van der Waals surface area contributed by atoms with E-state index in [2.05, 4.69) is 11.1 Å². The molecule has 0 saturated heterocycles. The molecule has 7 nitrogen and oxygen atoms in total. The summed E-state index contributed by atoms with van der Waals surface area (Å²) in [6, 6.07) is 19.6. The first-order valence-corrected chi connectivity index (χ1v) is 17.0. The van der Waals surface area contributed by atoms with Crippen molar-refractivity contribution >= 4 is 73.6 Å². The van der Waals surface area contributed by atoms with Gasteiger partial charge < -0.3 is 4.42 Å². The molecular formula is C31H27Cl2N3O4S2. The van der Waals surface area contributed by atoms with Crippen LogP contribution in [0.4, 0.5) is 0 Å². The molecule has 0 radical (unpaired) electrons. The molecule has 3 aromatic carbocycles. The molecule has 0 bridgehead atoms. The van der Waals surface area contributed by atoms with Crippen LogP contribution in [-0.2, 0) is 14.6 Å². The number of rotatable bonds is 7. The van der Waals surface area contributed by atoms with Crippen LogP contribution < -0.4 is 0 Å². The van der Waals surface area contributed by atoms with Crippen molar-refractivity contribution in [2.75, 3.05) is 11.5 Å². The van der Waals surface area contributed by atoms with E-state index in [1.54, 1.807) is 18.0 Å². The van der Waals surface area contributed by atoms with Gasteiger partial charge in [-0.1, -0.05) is 66.2 Å². The molecule has 6 rings (SSSR count). The second-order valence-corrected chi connectivity index (χ2v) is 14.3. The predicted molar refractivity (Wildman–Crippen MR) is 168 cm³/mol. The summed E-state index contributed by atoms with van der Waals surface area (Å²) < 4.78 is 30.4. The minimum Gasteiger partial charge on any atom is -0.431 e. The molecule has 1 aliphatic carbocycles. The fourth-order valence-corrected chi connectivity index (χ4v) is 7.30. The van der Waals surface area contributed by atoms with Crippen molar-refractivity contribution < 1.29 is 17.6 Å². The number of benzene rings is 3. The number of aromatic nitrogens is 1. The van der Waals surface area contributed by atoms with E-state index in [0.29, 0.717) is 26.4 Å². The summed E-state index contributed by atoms with van der Waals surface area (Å²) in [5, 5.41) is 8.13. The Hall–Kier alpha value is -3.11. The third-order valence-electron chi connectivity index (χ3n) is 7.58. The fourth-order valence-electron chi connectivity index (χ4n) is 5.46. The number of sulfone groups is 1. The third-order valence-corrected chi connectivity index (χ3v) is 10.6. The predicted octanol–water partition coefficient (Wildman–Crippen LogP) is 7.84. The number of allylic oxidation sites excluding steroid dienone is 1. The van der Waals surface area contributed by atoms with Gasteiger partial charge in [-0.3, -0.25) is 4.79 Å². The lowest BCUT2D eigenvalue weighted by atomic mass is 9.77. The summed E-state index contributed by atoms with van der Waals surface area (Å²) >= 11 is 13.4. The molecule has 0 N–H and O–H groups in total. The molecule has 2 atom stereocenters. The SMILES string of the molecule is CCS(=O)(=O)c1ccc2oc(SCC(=O)N3N=C4C(=Cc5ccc(Cl)cc5)CCCC4C3c3ccc(Cl)cc3)nc2c1. The number of thioether (sulfide) groups is 1. The molecule has 0 spiro atoms. The zero-order valence-corrected chi connectivity index (χ0v) is 25.8. The van der Waals surface area contributed by atoms with E-state index in [1.165, 1.54) is 12.1 Å². The Morgan fingerprint density at radius 1 is 1.07 bits per heavy atom. The topological polar surface area (TPSA) is 92.8 Å². The van der Waals surface area contributed by atoms with Crippen molar-refractivity contribution in [2.24, 2.45) is 11.0 Å². The van der Waals surface area contributed by atoms with Gasteiger partial charge in [0.1, 0.15) is 5.52 Å². The maximum absolute atomic E-state index is 13.7. The fraction of sp³-hybridized carbons (Fsp3) is 0.258. The number of halogens is 2. The van der Waals surface area contributed by atoms with E-state index < -0.39 is 9.84 Å². The van der Waals surface area contributed by atoms with E-state index in [1.807, 2.05) is 48.5 Å². The Morgan fingerprint density at radius 2 is 1.79 bits per heavy atom. The molecule has 1 aliphatic heterocycles. The van der Waals surface area contributed by atoms with Crippen LogP contribution in [0.1, 0.15) is 43.4 Å². The standard InChI is InChI=1S/C31H27Cl2N3O4S2/c1-2-42(38,39)24-14-15-27-26(17-24)34-31(40-27)41-18-28(37)36-30(20-8-12-23(33)13-9-20)25-5-3-4-21(29(25)35-36)16-19-6-10-22(32)11-7-19/h6-17,25,30H,2-5,18H2,1H3. The molecule has 2 heterocycles. The van der Waals surface area contributed by atoms with Crippen molar-refractivity contribution in [1.82, 2.24) is 9.99 Å². The van der Waals surface area contributed by atoms with Gasteiger partial charge in [-0.05, 0) is 84.5 Å². The number of nitrogens with zero attached hydrogens (tertiary/aromatic N) is 3. The van der Waals surface area contributed by atoms with Crippen molar-refractivity contribution in [3.8, 4) is 0 Å². The van der Waals surface area contributed by atoms with Gasteiger partial charge >= 0.3 is 0 Å². The minimum atomic E-state index is -3.37. The van der Waals surface area contributed by atoms with Crippen molar-refractivity contribution in [1.29, 1.82) is 0 Å². The summed E-state index contributed by atoms with van der Waals surface area (Å²) in [6.07, 6.45) is 4.91. The van der Waals surface area contributed by atoms with Crippen LogP contribution in [0.5, 0.6) is 0 Å². The molecule has 1 fully saturated rings. The van der Waals surface area contributed by atoms with Crippen LogP contribution in [-0.4, -0.2) is 41.5 Å². The van der Waals surface area contributed by atoms with E-state index in [0.717, 1.165) is 53.4 Å². The molecule has 2 unspecified atom stereocenters. The Labute approximate surface area is 258 Å². The second kappa shape index (κ2) is 11.9. The van der Waals surface area contributed by atoms with Gasteiger partial charge in [0.2, 0.25) is 0 Å². The number of hydrogen-bond acceptors (Lipinski definition) is 7. The molecule has 1 saturated carbocycles. The van der Waals surface area contributed by atoms with Gasteiger partial charge in [0.15, 0.2) is 15.4 Å². The highest BCUT2D eigenvalue weighted by Crippen LogP contribution is 2.45. The number of carbonyl (C=O) groups is 1. The quantitative estimate of drug-likeness (QED) is 0.191. The average molecular weight is 641 g/mol. The Balaban J connectivity index is 1.28. The zero-order chi connectivity index (χ0) is 29.4. The van der Waals surface area contributed by atoms with Gasteiger partial charge in [-0.15, -0.1) is 0 Å². The van der Waals surface area contributed by atoms with E-state index in [9.17, 15) is 13.2 Å². The molecule has 1 amide bonds. The summed E-state index contributed by atoms with van der Waals surface area (Å²) in [7, 11) is -3.37. The van der Waals surface area contributed by atoms with Crippen molar-refractivity contribution in [3.05, 3.63) is 93.5 Å². The van der Waals surface area contributed by atoms with E-state index in [-0.39, 0.29) is 34.3 Å². The molecular weight excluding hydrogens is 613 g/mol. The lowest BCUT2D eigenvalue weighted by Gasteiger charge is -2.29. The molecule has 4 aromatic rings. The summed E-state index contributed by atoms with van der Waals surface area (Å²) in [5.74, 6) is -0.0756. The maximum atomic E-state index is 13.7. The molecule has 11 heteroatoms. The minimum absolute atomic E-state index is 0.00279. The first-order chi connectivity index (χ1) is 20.2. The molecule has 1 aromatic heterocycles. The van der Waals surface area contributed by atoms with Crippen LogP contribution in [0.3, 0.4) is 0 Å². The van der Waals surface area contributed by atoms with Gasteiger partial charge in [0.05, 0.1) is 28.2 Å². The number of oxazole rings is 1. The molecule has 216 valence electrons. The number of hydrazone groups is 1. The normalized spacial score (nSPS) is 19.7. The van der Waals surface area contributed by atoms with Gasteiger partial charge in [0.25, 0.3) is 11.1 Å². The summed E-state index contributed by atoms with van der Waals surface area (Å²) in [4.78, 5) is 18.4. The third kappa shape index (κ3) is 5.88. The number of amides is 1. The lowest BCUT2D eigenvalue weighted by Crippen LogP contribution is -2.32. The first-order valence-electron chi connectivity index (χ1n) is 13.6. The first kappa shape index (κ1) is 29.0. The highest BCUT2D eigenvalue weighted by molar-refractivity contribution is 7.99. The number of carbonyl (C=O) groups excluding carboxylic acids is 1. The Morgan fingerprint density at radius 3 is 2.50 bits per heavy atom. The Kier molecular flexibility index (Phi) is 8.20. The lowest BCUT2D eigenvalue weighted by molar-refractivity contribution is -0.130. The van der Waals surface area contributed by atoms with Crippen LogP contribution in [0, 0.1) is 5.92 Å². The number of fused-ring (bicyclic) bond motifs is 2. The van der Waals surface area contributed by atoms with Crippen molar-refractivity contribution in [2.45, 2.75) is 42.3 Å². The monoisotopic (exact) mass is 639 g/mol. The van der Waals surface area contributed by atoms with E-state index in [4.69, 9.17) is 32.7 Å². The zero-order valence-electron chi connectivity index (χ0n) is 22.7. The van der Waals surface area contributed by atoms with Crippen LogP contribution in [0.15, 0.2) is 91.9 Å². The molecule has 2 aliphatic rings. The van der Waals surface area contributed by atoms with Crippen LogP contribution in [0.25, 0.3) is 17.2 Å². The average Bonchev–Trinajstić information content (AvgIpc) is 3.59. The highest BCUT2D eigenvalue weighted by Gasteiger charge is 2.43. The number of hydrogen-bond donors (Lipinski definition) is 0. The van der Waals surface area contributed by atoms with Gasteiger partial charge in [0, 0.05) is 16.0 Å². The Bertz CT molecular complexity index is 1820. The molecule has 42 heavy (non-hydrogen) atoms. The van der Waals surface area contributed by atoms with Crippen LogP contribution >= 0.6 is 35.0 Å². The summed E-state index contributed by atoms with van der Waals surface area (Å²) in [6.45, 7) is 1.60. The maximum Gasteiger partial charge on any atom is 0.257 e. The van der Waals surface area contributed by atoms with Crippen molar-refractivity contribution in [3.63, 3.8) is 0 Å². The summed E-state index contributed by atoms with van der Waals surface area (Å²) in [5.41, 5.74) is 4.95. The highest BCUT2D eigenvalue weighted by atomic mass is 35.5. The smallest absolute Gasteiger partial charge is 0.257 e. The second-order valence-electron chi connectivity index (χ2n) is 10.2. The van der Waals surface area contributed by atoms with Crippen LogP contribution in [0.2, 0.25) is 10.0 Å². The van der Waals surface area contributed by atoms with Gasteiger partial charge in [-0.25, -0.2) is 18.4 Å².